The first-order valence-electron chi connectivity index (χ1n) is 5.08. The zero-order valence-corrected chi connectivity index (χ0v) is 11.0. The highest BCUT2D eigenvalue weighted by Crippen LogP contribution is 2.30. The number of nitrogens with one attached hydrogen (secondary N) is 1. The third-order valence-corrected chi connectivity index (χ3v) is 3.25. The van der Waals surface area contributed by atoms with Crippen LogP contribution in [0.5, 0.6) is 0 Å². The molecule has 0 bridgehead atoms. The molecule has 1 heterocycles. The number of nitrogens with zero attached hydrogens (tertiary/aromatic N) is 2. The van der Waals surface area contributed by atoms with Crippen LogP contribution in [0.2, 0.25) is 10.0 Å². The minimum atomic E-state index is 0.521. The minimum Gasteiger partial charge on any atom is -0.373 e. The number of halogens is 2. The summed E-state index contributed by atoms with van der Waals surface area (Å²) in [7, 11) is 1.83. The van der Waals surface area contributed by atoms with Crippen molar-refractivity contribution in [1.82, 2.24) is 9.97 Å². The molecule has 17 heavy (non-hydrogen) atoms. The van der Waals surface area contributed by atoms with Crippen LogP contribution < -0.4 is 5.32 Å². The van der Waals surface area contributed by atoms with Crippen molar-refractivity contribution in [3.63, 3.8) is 0 Å². The molecular formula is C12H11Cl2N3. The fraction of sp³-hybridized carbons (Fsp3) is 0.167. The van der Waals surface area contributed by atoms with Gasteiger partial charge in [-0.3, -0.25) is 0 Å². The molecule has 1 aromatic heterocycles. The zero-order chi connectivity index (χ0) is 12.4. The molecule has 0 aliphatic rings. The molecule has 0 aliphatic carbocycles. The first-order chi connectivity index (χ1) is 8.13. The van der Waals surface area contributed by atoms with Gasteiger partial charge in [-0.15, -0.1) is 0 Å². The van der Waals surface area contributed by atoms with Gasteiger partial charge >= 0.3 is 0 Å². The van der Waals surface area contributed by atoms with Crippen molar-refractivity contribution in [3.8, 4) is 11.3 Å². The zero-order valence-electron chi connectivity index (χ0n) is 9.46. The Morgan fingerprint density at radius 2 is 1.88 bits per heavy atom. The highest BCUT2D eigenvalue weighted by Gasteiger charge is 2.09. The molecule has 0 spiro atoms. The Kier molecular flexibility index (Phi) is 3.50. The van der Waals surface area contributed by atoms with E-state index < -0.39 is 0 Å². The second-order valence-electron chi connectivity index (χ2n) is 3.57. The maximum atomic E-state index is 6.00. The topological polar surface area (TPSA) is 37.8 Å². The number of hydrogen-bond acceptors (Lipinski definition) is 3. The average molecular weight is 268 g/mol. The first-order valence-corrected chi connectivity index (χ1v) is 5.84. The monoisotopic (exact) mass is 267 g/mol. The van der Waals surface area contributed by atoms with Crippen molar-refractivity contribution in [3.05, 3.63) is 40.1 Å². The van der Waals surface area contributed by atoms with Gasteiger partial charge in [-0.05, 0) is 19.1 Å². The lowest BCUT2D eigenvalue weighted by molar-refractivity contribution is 1.13. The van der Waals surface area contributed by atoms with Gasteiger partial charge in [0.05, 0.1) is 15.7 Å². The summed E-state index contributed by atoms with van der Waals surface area (Å²) >= 11 is 11.9. The van der Waals surface area contributed by atoms with E-state index in [1.54, 1.807) is 12.1 Å². The lowest BCUT2D eigenvalue weighted by atomic mass is 10.1. The lowest BCUT2D eigenvalue weighted by Crippen LogP contribution is -1.99. The average Bonchev–Trinajstić information content (AvgIpc) is 2.33. The molecule has 0 fully saturated rings. The number of benzene rings is 1. The molecule has 1 N–H and O–H groups in total. The quantitative estimate of drug-likeness (QED) is 0.900. The van der Waals surface area contributed by atoms with Gasteiger partial charge in [0.25, 0.3) is 0 Å². The molecule has 88 valence electrons. The van der Waals surface area contributed by atoms with E-state index in [0.29, 0.717) is 10.0 Å². The van der Waals surface area contributed by atoms with Gasteiger partial charge < -0.3 is 5.32 Å². The summed E-state index contributed by atoms with van der Waals surface area (Å²) in [6.45, 7) is 1.96. The summed E-state index contributed by atoms with van der Waals surface area (Å²) in [6, 6.07) is 5.46. The molecule has 3 nitrogen and oxygen atoms in total. The summed E-state index contributed by atoms with van der Waals surface area (Å²) in [6.07, 6.45) is 1.52. The Morgan fingerprint density at radius 1 is 1.12 bits per heavy atom. The van der Waals surface area contributed by atoms with Crippen LogP contribution in [0, 0.1) is 6.92 Å². The van der Waals surface area contributed by atoms with Crippen molar-refractivity contribution in [1.29, 1.82) is 0 Å². The van der Waals surface area contributed by atoms with E-state index in [4.69, 9.17) is 23.2 Å². The predicted octanol–water partition coefficient (Wildman–Crippen LogP) is 3.80. The third-order valence-electron chi connectivity index (χ3n) is 2.51. The SMILES string of the molecule is CNc1ncnc(-c2ccc(Cl)c(Cl)c2)c1C. The van der Waals surface area contributed by atoms with Crippen LogP contribution in [-0.2, 0) is 0 Å². The van der Waals surface area contributed by atoms with Crippen LogP contribution in [0.15, 0.2) is 24.5 Å². The Balaban J connectivity index is 2.56. The molecular weight excluding hydrogens is 257 g/mol. The van der Waals surface area contributed by atoms with E-state index in [0.717, 1.165) is 22.6 Å². The molecule has 5 heteroatoms. The van der Waals surface area contributed by atoms with Crippen LogP contribution in [-0.4, -0.2) is 17.0 Å². The molecule has 1 aromatic carbocycles. The summed E-state index contributed by atoms with van der Waals surface area (Å²) in [5.41, 5.74) is 2.76. The minimum absolute atomic E-state index is 0.521. The Labute approximate surface area is 110 Å². The fourth-order valence-corrected chi connectivity index (χ4v) is 1.93. The molecule has 0 unspecified atom stereocenters. The van der Waals surface area contributed by atoms with Crippen LogP contribution >= 0.6 is 23.2 Å². The first kappa shape index (κ1) is 12.1. The van der Waals surface area contributed by atoms with Gasteiger partial charge in [0.2, 0.25) is 0 Å². The molecule has 0 radical (unpaired) electrons. The number of rotatable bonds is 2. The Hall–Kier alpha value is -1.32. The largest absolute Gasteiger partial charge is 0.373 e. The number of anilines is 1. The smallest absolute Gasteiger partial charge is 0.132 e. The van der Waals surface area contributed by atoms with Gasteiger partial charge in [-0.2, -0.15) is 0 Å². The van der Waals surface area contributed by atoms with Crippen LogP contribution in [0.1, 0.15) is 5.56 Å². The molecule has 0 saturated carbocycles. The summed E-state index contributed by atoms with van der Waals surface area (Å²) < 4.78 is 0. The molecule has 0 saturated heterocycles. The summed E-state index contributed by atoms with van der Waals surface area (Å²) in [4.78, 5) is 8.42. The van der Waals surface area contributed by atoms with E-state index >= 15 is 0 Å². The highest BCUT2D eigenvalue weighted by molar-refractivity contribution is 6.42. The van der Waals surface area contributed by atoms with Gasteiger partial charge in [0.1, 0.15) is 12.1 Å². The second-order valence-corrected chi connectivity index (χ2v) is 4.39. The maximum absolute atomic E-state index is 6.00. The molecule has 0 amide bonds. The Morgan fingerprint density at radius 3 is 2.53 bits per heavy atom. The number of hydrogen-bond donors (Lipinski definition) is 1. The van der Waals surface area contributed by atoms with Crippen LogP contribution in [0.4, 0.5) is 5.82 Å². The highest BCUT2D eigenvalue weighted by atomic mass is 35.5. The van der Waals surface area contributed by atoms with Gasteiger partial charge in [0, 0.05) is 18.2 Å². The molecule has 0 atom stereocenters. The molecule has 2 aromatic rings. The van der Waals surface area contributed by atoms with Gasteiger partial charge in [-0.25, -0.2) is 9.97 Å². The fourth-order valence-electron chi connectivity index (χ4n) is 1.64. The van der Waals surface area contributed by atoms with Gasteiger partial charge in [0.15, 0.2) is 0 Å². The molecule has 2 rings (SSSR count). The van der Waals surface area contributed by atoms with E-state index in [1.807, 2.05) is 20.0 Å². The van der Waals surface area contributed by atoms with Crippen molar-refractivity contribution in [2.45, 2.75) is 6.92 Å². The van der Waals surface area contributed by atoms with E-state index in [-0.39, 0.29) is 0 Å². The van der Waals surface area contributed by atoms with Crippen molar-refractivity contribution in [2.75, 3.05) is 12.4 Å². The third kappa shape index (κ3) is 2.35. The van der Waals surface area contributed by atoms with E-state index in [1.165, 1.54) is 6.33 Å². The maximum Gasteiger partial charge on any atom is 0.132 e. The number of aromatic nitrogens is 2. The van der Waals surface area contributed by atoms with Crippen LogP contribution in [0.3, 0.4) is 0 Å². The van der Waals surface area contributed by atoms with Crippen molar-refractivity contribution < 1.29 is 0 Å². The van der Waals surface area contributed by atoms with Crippen molar-refractivity contribution >= 4 is 29.0 Å². The van der Waals surface area contributed by atoms with Gasteiger partial charge in [-0.1, -0.05) is 29.3 Å². The van der Waals surface area contributed by atoms with Crippen molar-refractivity contribution in [2.24, 2.45) is 0 Å². The Bertz CT molecular complexity index is 555. The second kappa shape index (κ2) is 4.90. The standard InChI is InChI=1S/C12H11Cl2N3/c1-7-11(16-6-17-12(7)15-2)8-3-4-9(13)10(14)5-8/h3-6H,1-2H3,(H,15,16,17). The molecule has 0 aliphatic heterocycles. The van der Waals surface area contributed by atoms with Crippen LogP contribution in [0.25, 0.3) is 11.3 Å². The van der Waals surface area contributed by atoms with E-state index in [2.05, 4.69) is 15.3 Å². The predicted molar refractivity (Wildman–Crippen MR) is 71.8 cm³/mol. The summed E-state index contributed by atoms with van der Waals surface area (Å²) in [5, 5.41) is 4.08. The summed E-state index contributed by atoms with van der Waals surface area (Å²) in [5.74, 6) is 0.807. The lowest BCUT2D eigenvalue weighted by Gasteiger charge is -2.09. The van der Waals surface area contributed by atoms with E-state index in [9.17, 15) is 0 Å². The normalized spacial score (nSPS) is 10.4.